The molecule has 0 saturated carbocycles. The van der Waals surface area contributed by atoms with Crippen LogP contribution in [0.1, 0.15) is 5.56 Å². The Bertz CT molecular complexity index is 1570. The van der Waals surface area contributed by atoms with Crippen LogP contribution in [0.15, 0.2) is 116 Å². The van der Waals surface area contributed by atoms with Gasteiger partial charge in [0.1, 0.15) is 17.2 Å². The number of hydrogen-bond donors (Lipinski definition) is 0. The molecule has 0 bridgehead atoms. The van der Waals surface area contributed by atoms with Crippen LogP contribution < -0.4 is 14.2 Å². The third-order valence-electron chi connectivity index (χ3n) is 5.71. The molecule has 0 aliphatic rings. The molecule has 7 heteroatoms. The highest BCUT2D eigenvalue weighted by Gasteiger charge is 2.05. The van der Waals surface area contributed by atoms with Crippen LogP contribution in [-0.4, -0.2) is 31.1 Å². The number of ether oxygens (including phenoxy) is 4. The fourth-order valence-electron chi connectivity index (χ4n) is 3.64. The minimum absolute atomic E-state index is 0.0339. The quantitative estimate of drug-likeness (QED) is 0.0909. The summed E-state index contributed by atoms with van der Waals surface area (Å²) in [5, 5.41) is 2.08. The highest BCUT2D eigenvalue weighted by atomic mass is 16.7. The maximum Gasteiger partial charge on any atom is 0.336 e. The van der Waals surface area contributed by atoms with Crippen LogP contribution in [0.4, 0.5) is 0 Å². The molecular formula is C33H26O7. The summed E-state index contributed by atoms with van der Waals surface area (Å²) < 4.78 is 20.8. The molecule has 0 radical (unpaired) electrons. The Kier molecular flexibility index (Phi) is 9.24. The summed E-state index contributed by atoms with van der Waals surface area (Å²) in [5.41, 5.74) is 2.92. The molecule has 0 saturated heterocycles. The number of rotatable bonds is 12. The van der Waals surface area contributed by atoms with Gasteiger partial charge in [-0.3, -0.25) is 4.79 Å². The first-order valence-corrected chi connectivity index (χ1v) is 12.3. The number of ketones is 1. The molecule has 0 N–H and O–H groups in total. The summed E-state index contributed by atoms with van der Waals surface area (Å²) in [7, 11) is 0. The van der Waals surface area contributed by atoms with E-state index in [1.165, 1.54) is 12.2 Å². The predicted molar refractivity (Wildman–Crippen MR) is 153 cm³/mol. The van der Waals surface area contributed by atoms with Gasteiger partial charge >= 0.3 is 11.9 Å². The van der Waals surface area contributed by atoms with Gasteiger partial charge in [0.05, 0.1) is 0 Å². The molecule has 0 aliphatic heterocycles. The van der Waals surface area contributed by atoms with Gasteiger partial charge in [-0.2, -0.15) is 0 Å². The van der Waals surface area contributed by atoms with Gasteiger partial charge in [-0.15, -0.1) is 0 Å². The molecule has 0 fully saturated rings. The molecule has 0 amide bonds. The van der Waals surface area contributed by atoms with Crippen LogP contribution >= 0.6 is 0 Å². The zero-order valence-corrected chi connectivity index (χ0v) is 21.6. The molecule has 0 unspecified atom stereocenters. The van der Waals surface area contributed by atoms with Crippen molar-refractivity contribution >= 4 is 34.6 Å². The van der Waals surface area contributed by atoms with Gasteiger partial charge in [0.2, 0.25) is 6.79 Å². The van der Waals surface area contributed by atoms with Gasteiger partial charge in [0, 0.05) is 12.2 Å². The van der Waals surface area contributed by atoms with Gasteiger partial charge < -0.3 is 18.9 Å². The van der Waals surface area contributed by atoms with E-state index in [4.69, 9.17) is 18.9 Å². The topological polar surface area (TPSA) is 88.1 Å². The van der Waals surface area contributed by atoms with E-state index in [0.29, 0.717) is 17.2 Å². The van der Waals surface area contributed by atoms with Crippen molar-refractivity contribution < 1.29 is 33.3 Å². The first-order chi connectivity index (χ1) is 19.4. The molecule has 0 aromatic heterocycles. The Morgan fingerprint density at radius 1 is 0.650 bits per heavy atom. The minimum Gasteiger partial charge on any atom is -0.485 e. The normalized spacial score (nSPS) is 10.6. The monoisotopic (exact) mass is 534 g/mol. The standard InChI is InChI=1S/C33H26O7/c1-3-28(34)21-37-29-12-10-24(11-13-29)26-9-8-25-19-23(5-7-27(25)20-26)6-18-33(36)40-31-16-14-30(15-17-31)38-22-39-32(35)4-2/h3-20H,1-2,21-22H2/b18-6+. The molecule has 0 heterocycles. The molecule has 0 atom stereocenters. The number of carbonyl (C=O) groups is 3. The SMILES string of the molecule is C=CC(=O)COc1ccc(-c2ccc3cc(/C=C/C(=O)Oc4ccc(OCOC(=O)C=C)cc4)ccc3c2)cc1. The third-order valence-corrected chi connectivity index (χ3v) is 5.71. The lowest BCUT2D eigenvalue weighted by Crippen LogP contribution is -2.07. The molecular weight excluding hydrogens is 508 g/mol. The van der Waals surface area contributed by atoms with Gasteiger partial charge in [0.15, 0.2) is 12.4 Å². The molecule has 4 rings (SSSR count). The van der Waals surface area contributed by atoms with Crippen LogP contribution in [0, 0.1) is 0 Å². The summed E-state index contributed by atoms with van der Waals surface area (Å²) in [5.74, 6) is 0.140. The second kappa shape index (κ2) is 13.4. The van der Waals surface area contributed by atoms with E-state index in [1.54, 1.807) is 30.3 Å². The van der Waals surface area contributed by atoms with Crippen LogP contribution in [0.2, 0.25) is 0 Å². The average Bonchev–Trinajstić information content (AvgIpc) is 2.99. The van der Waals surface area contributed by atoms with Crippen LogP contribution in [-0.2, 0) is 19.1 Å². The second-order valence-electron chi connectivity index (χ2n) is 8.46. The highest BCUT2D eigenvalue weighted by Crippen LogP contribution is 2.27. The molecule has 40 heavy (non-hydrogen) atoms. The number of fused-ring (bicyclic) bond motifs is 1. The van der Waals surface area contributed by atoms with Gasteiger partial charge in [-0.1, -0.05) is 49.6 Å². The Morgan fingerprint density at radius 2 is 1.27 bits per heavy atom. The summed E-state index contributed by atoms with van der Waals surface area (Å²) in [6.45, 7) is 6.46. The Hall–Kier alpha value is -5.43. The van der Waals surface area contributed by atoms with E-state index >= 15 is 0 Å². The summed E-state index contributed by atoms with van der Waals surface area (Å²) in [4.78, 5) is 34.7. The largest absolute Gasteiger partial charge is 0.485 e. The predicted octanol–water partition coefficient (Wildman–Crippen LogP) is 6.33. The summed E-state index contributed by atoms with van der Waals surface area (Å²) >= 11 is 0. The number of benzene rings is 4. The van der Waals surface area contributed by atoms with Crippen molar-refractivity contribution in [1.82, 2.24) is 0 Å². The maximum absolute atomic E-state index is 12.3. The van der Waals surface area contributed by atoms with Gasteiger partial charge in [0.25, 0.3) is 0 Å². The minimum atomic E-state index is -0.582. The lowest BCUT2D eigenvalue weighted by Gasteiger charge is -2.08. The zero-order chi connectivity index (χ0) is 28.3. The lowest BCUT2D eigenvalue weighted by atomic mass is 10.00. The van der Waals surface area contributed by atoms with E-state index in [2.05, 4.69) is 19.2 Å². The molecule has 200 valence electrons. The van der Waals surface area contributed by atoms with Crippen molar-refractivity contribution in [3.63, 3.8) is 0 Å². The van der Waals surface area contributed by atoms with E-state index in [9.17, 15) is 14.4 Å². The van der Waals surface area contributed by atoms with Crippen molar-refractivity contribution in [3.8, 4) is 28.4 Å². The Balaban J connectivity index is 1.34. The number of carbonyl (C=O) groups excluding carboxylic acids is 3. The van der Waals surface area contributed by atoms with E-state index in [-0.39, 0.29) is 19.2 Å². The molecule has 4 aromatic rings. The molecule has 7 nitrogen and oxygen atoms in total. The first-order valence-electron chi connectivity index (χ1n) is 12.3. The number of hydrogen-bond acceptors (Lipinski definition) is 7. The van der Waals surface area contributed by atoms with Crippen molar-refractivity contribution in [3.05, 3.63) is 122 Å². The Labute approximate surface area is 231 Å². The van der Waals surface area contributed by atoms with Crippen molar-refractivity contribution in [2.75, 3.05) is 13.4 Å². The molecule has 0 aliphatic carbocycles. The average molecular weight is 535 g/mol. The molecule has 0 spiro atoms. The first kappa shape index (κ1) is 27.6. The summed E-state index contributed by atoms with van der Waals surface area (Å²) in [6, 6.07) is 25.9. The smallest absolute Gasteiger partial charge is 0.336 e. The van der Waals surface area contributed by atoms with Crippen LogP contribution in [0.3, 0.4) is 0 Å². The third kappa shape index (κ3) is 7.79. The lowest BCUT2D eigenvalue weighted by molar-refractivity contribution is -0.144. The maximum atomic E-state index is 12.3. The van der Waals surface area contributed by atoms with E-state index in [0.717, 1.165) is 33.5 Å². The van der Waals surface area contributed by atoms with Crippen LogP contribution in [0.25, 0.3) is 28.0 Å². The van der Waals surface area contributed by atoms with Gasteiger partial charge in [-0.05, 0) is 88.1 Å². The second-order valence-corrected chi connectivity index (χ2v) is 8.46. The van der Waals surface area contributed by atoms with Gasteiger partial charge in [-0.25, -0.2) is 9.59 Å². The van der Waals surface area contributed by atoms with E-state index in [1.807, 2.05) is 54.6 Å². The molecule has 4 aromatic carbocycles. The van der Waals surface area contributed by atoms with Crippen molar-refractivity contribution in [1.29, 1.82) is 0 Å². The fourth-order valence-corrected chi connectivity index (χ4v) is 3.64. The van der Waals surface area contributed by atoms with Crippen molar-refractivity contribution in [2.45, 2.75) is 0 Å². The summed E-state index contributed by atoms with van der Waals surface area (Å²) in [6.07, 6.45) is 5.34. The number of esters is 2. The fraction of sp³-hybridized carbons (Fsp3) is 0.0606. The van der Waals surface area contributed by atoms with E-state index < -0.39 is 11.9 Å². The highest BCUT2D eigenvalue weighted by molar-refractivity contribution is 5.92. The Morgan fingerprint density at radius 3 is 2.00 bits per heavy atom. The van der Waals surface area contributed by atoms with Crippen molar-refractivity contribution in [2.24, 2.45) is 0 Å². The zero-order valence-electron chi connectivity index (χ0n) is 21.6. The van der Waals surface area contributed by atoms with Crippen LogP contribution in [0.5, 0.6) is 17.2 Å².